The van der Waals surface area contributed by atoms with E-state index in [0.29, 0.717) is 18.7 Å². The van der Waals surface area contributed by atoms with Crippen molar-refractivity contribution in [2.24, 2.45) is 0 Å². The number of aromatic nitrogens is 1. The third-order valence-corrected chi connectivity index (χ3v) is 4.87. The highest BCUT2D eigenvalue weighted by atomic mass is 19.4. The Kier molecular flexibility index (Phi) is 7.61. The average Bonchev–Trinajstić information content (AvgIpc) is 2.95. The van der Waals surface area contributed by atoms with Gasteiger partial charge in [0.25, 0.3) is 0 Å². The molecule has 0 aliphatic heterocycles. The van der Waals surface area contributed by atoms with E-state index in [4.69, 9.17) is 0 Å². The summed E-state index contributed by atoms with van der Waals surface area (Å²) in [4.78, 5) is 26.7. The van der Waals surface area contributed by atoms with Crippen LogP contribution in [0.3, 0.4) is 0 Å². The predicted molar refractivity (Wildman–Crippen MR) is 111 cm³/mol. The van der Waals surface area contributed by atoms with Crippen molar-refractivity contribution in [3.63, 3.8) is 0 Å². The van der Waals surface area contributed by atoms with E-state index in [1.165, 1.54) is 18.2 Å². The van der Waals surface area contributed by atoms with Crippen molar-refractivity contribution < 1.29 is 22.8 Å². The van der Waals surface area contributed by atoms with E-state index in [9.17, 15) is 22.8 Å². The lowest BCUT2D eigenvalue weighted by molar-refractivity contribution is -0.137. The summed E-state index contributed by atoms with van der Waals surface area (Å²) in [5.41, 5.74) is 1.10. The molecule has 162 valence electrons. The van der Waals surface area contributed by atoms with Gasteiger partial charge in [-0.2, -0.15) is 13.2 Å². The Morgan fingerprint density at radius 2 is 1.87 bits per heavy atom. The zero-order valence-electron chi connectivity index (χ0n) is 17.3. The lowest BCUT2D eigenvalue weighted by Gasteiger charge is -2.20. The number of benzene rings is 1. The number of aryl methyl sites for hydroxylation is 1. The van der Waals surface area contributed by atoms with Crippen molar-refractivity contribution in [3.05, 3.63) is 65.5 Å². The number of rotatable bonds is 9. The molecule has 1 aromatic carbocycles. The quantitative estimate of drug-likeness (QED) is 0.481. The SMILES string of the molecule is C=CCn1c(C)cc(C(=O)CN(CC)CC(=O)Nc2ccccc2C(F)(F)F)c1C. The van der Waals surface area contributed by atoms with Gasteiger partial charge in [0.15, 0.2) is 5.78 Å². The van der Waals surface area contributed by atoms with Crippen molar-refractivity contribution in [1.29, 1.82) is 0 Å². The molecule has 0 bridgehead atoms. The molecule has 1 aromatic heterocycles. The first-order chi connectivity index (χ1) is 14.1. The van der Waals surface area contributed by atoms with Gasteiger partial charge in [-0.1, -0.05) is 25.1 Å². The van der Waals surface area contributed by atoms with E-state index in [2.05, 4.69) is 11.9 Å². The molecule has 0 saturated carbocycles. The number of nitrogens with one attached hydrogen (secondary N) is 1. The van der Waals surface area contributed by atoms with Crippen LogP contribution >= 0.6 is 0 Å². The first kappa shape index (κ1) is 23.4. The largest absolute Gasteiger partial charge is 0.418 e. The van der Waals surface area contributed by atoms with E-state index in [0.717, 1.165) is 17.5 Å². The van der Waals surface area contributed by atoms with Gasteiger partial charge < -0.3 is 9.88 Å². The fourth-order valence-electron chi connectivity index (χ4n) is 3.29. The number of allylic oxidation sites excluding steroid dienone is 1. The summed E-state index contributed by atoms with van der Waals surface area (Å²) in [5, 5.41) is 2.31. The zero-order valence-corrected chi connectivity index (χ0v) is 17.3. The minimum absolute atomic E-state index is 0.0107. The first-order valence-electron chi connectivity index (χ1n) is 9.57. The van der Waals surface area contributed by atoms with Gasteiger partial charge in [0.2, 0.25) is 5.91 Å². The van der Waals surface area contributed by atoms with Crippen molar-refractivity contribution >= 4 is 17.4 Å². The maximum atomic E-state index is 13.1. The molecule has 0 spiro atoms. The predicted octanol–water partition coefficient (Wildman–Crippen LogP) is 4.45. The van der Waals surface area contributed by atoms with Crippen molar-refractivity contribution in [2.75, 3.05) is 25.0 Å². The molecule has 1 N–H and O–H groups in total. The van der Waals surface area contributed by atoms with Crippen LogP contribution in [0.15, 0.2) is 43.0 Å². The number of nitrogens with zero attached hydrogens (tertiary/aromatic N) is 2. The van der Waals surface area contributed by atoms with Crippen LogP contribution < -0.4 is 5.32 Å². The third kappa shape index (κ3) is 5.60. The Morgan fingerprint density at radius 3 is 2.47 bits per heavy atom. The minimum Gasteiger partial charge on any atom is -0.345 e. The van der Waals surface area contributed by atoms with Gasteiger partial charge in [-0.05, 0) is 38.6 Å². The van der Waals surface area contributed by atoms with Gasteiger partial charge in [0.1, 0.15) is 0 Å². The van der Waals surface area contributed by atoms with Crippen LogP contribution in [0.5, 0.6) is 0 Å². The molecule has 0 radical (unpaired) electrons. The fourth-order valence-corrected chi connectivity index (χ4v) is 3.29. The van der Waals surface area contributed by atoms with Crippen LogP contribution in [-0.2, 0) is 17.5 Å². The molecular weight excluding hydrogens is 395 g/mol. The molecule has 5 nitrogen and oxygen atoms in total. The highest BCUT2D eigenvalue weighted by molar-refractivity contribution is 5.99. The van der Waals surface area contributed by atoms with E-state index in [-0.39, 0.29) is 24.6 Å². The minimum atomic E-state index is -4.57. The van der Waals surface area contributed by atoms with Crippen LogP contribution in [0.4, 0.5) is 18.9 Å². The Hall–Kier alpha value is -2.87. The molecule has 2 aromatic rings. The smallest absolute Gasteiger partial charge is 0.345 e. The fraction of sp³-hybridized carbons (Fsp3) is 0.364. The number of carbonyl (C=O) groups excluding carboxylic acids is 2. The summed E-state index contributed by atoms with van der Waals surface area (Å²) >= 11 is 0. The van der Waals surface area contributed by atoms with Crippen LogP contribution in [0.25, 0.3) is 0 Å². The van der Waals surface area contributed by atoms with Gasteiger partial charge in [-0.25, -0.2) is 0 Å². The number of alkyl halides is 3. The zero-order chi connectivity index (χ0) is 22.5. The van der Waals surface area contributed by atoms with Crippen molar-refractivity contribution in [3.8, 4) is 0 Å². The number of Topliss-reactive ketones (excluding diaryl/α,β-unsaturated/α-hetero) is 1. The second-order valence-electron chi connectivity index (χ2n) is 7.00. The number of ketones is 1. The molecule has 0 aliphatic rings. The molecule has 8 heteroatoms. The Balaban J connectivity index is 2.08. The maximum Gasteiger partial charge on any atom is 0.418 e. The number of anilines is 1. The van der Waals surface area contributed by atoms with Crippen LogP contribution in [0.2, 0.25) is 0 Å². The van der Waals surface area contributed by atoms with E-state index < -0.39 is 17.6 Å². The number of likely N-dealkylation sites (N-methyl/N-ethyl adjacent to an activating group) is 1. The van der Waals surface area contributed by atoms with Gasteiger partial charge in [0, 0.05) is 23.5 Å². The van der Waals surface area contributed by atoms with E-state index in [1.54, 1.807) is 24.0 Å². The Labute approximate surface area is 174 Å². The summed E-state index contributed by atoms with van der Waals surface area (Å²) in [6.45, 7) is 10.0. The molecule has 0 aliphatic carbocycles. The Bertz CT molecular complexity index is 932. The molecule has 2 rings (SSSR count). The topological polar surface area (TPSA) is 54.3 Å². The summed E-state index contributed by atoms with van der Waals surface area (Å²) in [6.07, 6.45) is -2.83. The second-order valence-corrected chi connectivity index (χ2v) is 7.00. The van der Waals surface area contributed by atoms with E-state index >= 15 is 0 Å². The monoisotopic (exact) mass is 421 g/mol. The summed E-state index contributed by atoms with van der Waals surface area (Å²) in [7, 11) is 0. The Morgan fingerprint density at radius 1 is 1.20 bits per heavy atom. The molecular formula is C22H26F3N3O2. The van der Waals surface area contributed by atoms with Gasteiger partial charge >= 0.3 is 6.18 Å². The molecule has 0 saturated heterocycles. The first-order valence-corrected chi connectivity index (χ1v) is 9.57. The second kappa shape index (κ2) is 9.75. The van der Waals surface area contributed by atoms with Gasteiger partial charge in [-0.15, -0.1) is 6.58 Å². The molecule has 0 unspecified atom stereocenters. The molecule has 0 atom stereocenters. The highest BCUT2D eigenvalue weighted by Crippen LogP contribution is 2.34. The standard InChI is InChI=1S/C22H26F3N3O2/c1-5-11-28-15(3)12-17(16(28)4)20(29)13-27(6-2)14-21(30)26-19-10-8-7-9-18(19)22(23,24)25/h5,7-10,12H,1,6,11,13-14H2,2-4H3,(H,26,30). The highest BCUT2D eigenvalue weighted by Gasteiger charge is 2.33. The van der Waals surface area contributed by atoms with Crippen LogP contribution in [0, 0.1) is 13.8 Å². The lowest BCUT2D eigenvalue weighted by atomic mass is 10.1. The number of amides is 1. The third-order valence-electron chi connectivity index (χ3n) is 4.87. The number of hydrogen-bond acceptors (Lipinski definition) is 3. The summed E-state index contributed by atoms with van der Waals surface area (Å²) in [5.74, 6) is -0.762. The lowest BCUT2D eigenvalue weighted by Crippen LogP contribution is -2.37. The van der Waals surface area contributed by atoms with Gasteiger partial charge in [0.05, 0.1) is 24.3 Å². The van der Waals surface area contributed by atoms with Gasteiger partial charge in [-0.3, -0.25) is 14.5 Å². The normalized spacial score (nSPS) is 11.6. The van der Waals surface area contributed by atoms with Crippen LogP contribution in [0.1, 0.15) is 34.2 Å². The number of para-hydroxylation sites is 1. The average molecular weight is 421 g/mol. The van der Waals surface area contributed by atoms with Crippen LogP contribution in [-0.4, -0.2) is 40.8 Å². The summed E-state index contributed by atoms with van der Waals surface area (Å²) < 4.78 is 41.3. The molecule has 1 amide bonds. The summed E-state index contributed by atoms with van der Waals surface area (Å²) in [6, 6.07) is 6.60. The maximum absolute atomic E-state index is 13.1. The molecule has 30 heavy (non-hydrogen) atoms. The number of carbonyl (C=O) groups is 2. The van der Waals surface area contributed by atoms with E-state index in [1.807, 2.05) is 18.4 Å². The number of halogens is 3. The number of hydrogen-bond donors (Lipinski definition) is 1. The van der Waals surface area contributed by atoms with Crippen molar-refractivity contribution in [1.82, 2.24) is 9.47 Å². The molecule has 1 heterocycles. The molecule has 0 fully saturated rings. The van der Waals surface area contributed by atoms with Crippen molar-refractivity contribution in [2.45, 2.75) is 33.5 Å².